The maximum atomic E-state index is 5.70. The van der Waals surface area contributed by atoms with Crippen LogP contribution in [0.4, 0.5) is 0 Å². The molecule has 1 heterocycles. The average Bonchev–Trinajstić information content (AvgIpc) is 2.15. The molecular formula is C10H21NO. The van der Waals surface area contributed by atoms with Crippen LogP contribution in [0.2, 0.25) is 0 Å². The molecule has 0 saturated carbocycles. The monoisotopic (exact) mass is 171 g/mol. The molecule has 1 fully saturated rings. The van der Waals surface area contributed by atoms with Crippen molar-refractivity contribution in [3.63, 3.8) is 0 Å². The molecule has 0 aromatic rings. The molecule has 0 atom stereocenters. The van der Waals surface area contributed by atoms with Gasteiger partial charge in [0.15, 0.2) is 0 Å². The van der Waals surface area contributed by atoms with E-state index in [9.17, 15) is 0 Å². The van der Waals surface area contributed by atoms with Crippen molar-refractivity contribution in [2.45, 2.75) is 39.2 Å². The standard InChI is InChI=1S/C10H21NO/c1-3-9-12-10-5-7-11(4-2)8-6-10/h10H,3-9H2,1-2H3. The number of nitrogens with zero attached hydrogens (tertiary/aromatic N) is 1. The Morgan fingerprint density at radius 3 is 2.42 bits per heavy atom. The van der Waals surface area contributed by atoms with Gasteiger partial charge >= 0.3 is 0 Å². The molecule has 1 aliphatic heterocycles. The Labute approximate surface area is 75.9 Å². The highest BCUT2D eigenvalue weighted by Crippen LogP contribution is 2.13. The predicted octanol–water partition coefficient (Wildman–Crippen LogP) is 1.90. The first kappa shape index (κ1) is 10.0. The molecule has 2 nitrogen and oxygen atoms in total. The molecule has 0 amide bonds. The fourth-order valence-electron chi connectivity index (χ4n) is 1.68. The lowest BCUT2D eigenvalue weighted by molar-refractivity contribution is 0.00900. The summed E-state index contributed by atoms with van der Waals surface area (Å²) in [5.41, 5.74) is 0. The maximum absolute atomic E-state index is 5.70. The zero-order valence-corrected chi connectivity index (χ0v) is 8.38. The predicted molar refractivity (Wildman–Crippen MR) is 51.4 cm³/mol. The summed E-state index contributed by atoms with van der Waals surface area (Å²) in [5, 5.41) is 0. The first-order valence-electron chi connectivity index (χ1n) is 5.20. The van der Waals surface area contributed by atoms with E-state index < -0.39 is 0 Å². The Balaban J connectivity index is 2.09. The number of piperidine rings is 1. The summed E-state index contributed by atoms with van der Waals surface area (Å²) < 4.78 is 5.70. The molecule has 0 aromatic carbocycles. The van der Waals surface area contributed by atoms with E-state index in [4.69, 9.17) is 4.74 Å². The second-order valence-electron chi connectivity index (χ2n) is 3.50. The van der Waals surface area contributed by atoms with Gasteiger partial charge in [0.1, 0.15) is 0 Å². The summed E-state index contributed by atoms with van der Waals surface area (Å²) in [7, 11) is 0. The normalized spacial score (nSPS) is 21.5. The smallest absolute Gasteiger partial charge is 0.0599 e. The first-order chi connectivity index (χ1) is 5.86. The van der Waals surface area contributed by atoms with E-state index in [1.165, 1.54) is 32.5 Å². The van der Waals surface area contributed by atoms with Crippen molar-refractivity contribution in [1.29, 1.82) is 0 Å². The Hall–Kier alpha value is -0.0800. The summed E-state index contributed by atoms with van der Waals surface area (Å²) in [6.07, 6.45) is 4.16. The van der Waals surface area contributed by atoms with Crippen molar-refractivity contribution in [3.8, 4) is 0 Å². The van der Waals surface area contributed by atoms with E-state index >= 15 is 0 Å². The summed E-state index contributed by atoms with van der Waals surface area (Å²) in [6.45, 7) is 8.99. The van der Waals surface area contributed by atoms with Crippen LogP contribution in [0.1, 0.15) is 33.1 Å². The highest BCUT2D eigenvalue weighted by Gasteiger charge is 2.17. The van der Waals surface area contributed by atoms with Crippen molar-refractivity contribution in [2.75, 3.05) is 26.2 Å². The van der Waals surface area contributed by atoms with Crippen molar-refractivity contribution in [2.24, 2.45) is 0 Å². The third-order valence-electron chi connectivity index (χ3n) is 2.54. The van der Waals surface area contributed by atoms with Crippen LogP contribution in [0.15, 0.2) is 0 Å². The molecule has 1 rings (SSSR count). The highest BCUT2D eigenvalue weighted by atomic mass is 16.5. The molecule has 0 radical (unpaired) electrons. The van der Waals surface area contributed by atoms with Crippen LogP contribution in [-0.2, 0) is 4.74 Å². The Kier molecular flexibility index (Phi) is 4.62. The van der Waals surface area contributed by atoms with Gasteiger partial charge in [0.05, 0.1) is 6.10 Å². The molecule has 72 valence electrons. The van der Waals surface area contributed by atoms with Crippen molar-refractivity contribution < 1.29 is 4.74 Å². The van der Waals surface area contributed by atoms with E-state index in [0.29, 0.717) is 6.10 Å². The van der Waals surface area contributed by atoms with Gasteiger partial charge in [0.25, 0.3) is 0 Å². The van der Waals surface area contributed by atoms with Gasteiger partial charge < -0.3 is 9.64 Å². The maximum Gasteiger partial charge on any atom is 0.0599 e. The topological polar surface area (TPSA) is 12.5 Å². The number of hydrogen-bond acceptors (Lipinski definition) is 2. The molecule has 0 N–H and O–H groups in total. The summed E-state index contributed by atoms with van der Waals surface area (Å²) in [6, 6.07) is 0. The second kappa shape index (κ2) is 5.55. The lowest BCUT2D eigenvalue weighted by Crippen LogP contribution is -2.36. The number of ether oxygens (including phenoxy) is 1. The second-order valence-corrected chi connectivity index (χ2v) is 3.50. The van der Waals surface area contributed by atoms with Crippen LogP contribution in [0.25, 0.3) is 0 Å². The lowest BCUT2D eigenvalue weighted by atomic mass is 10.1. The summed E-state index contributed by atoms with van der Waals surface area (Å²) in [4.78, 5) is 2.49. The molecule has 2 heteroatoms. The molecule has 0 aromatic heterocycles. The molecule has 0 unspecified atom stereocenters. The highest BCUT2D eigenvalue weighted by molar-refractivity contribution is 4.71. The van der Waals surface area contributed by atoms with Gasteiger partial charge in [-0.25, -0.2) is 0 Å². The minimum absolute atomic E-state index is 0.549. The van der Waals surface area contributed by atoms with E-state index in [1.54, 1.807) is 0 Å². The fourth-order valence-corrected chi connectivity index (χ4v) is 1.68. The lowest BCUT2D eigenvalue weighted by Gasteiger charge is -2.30. The third-order valence-corrected chi connectivity index (χ3v) is 2.54. The van der Waals surface area contributed by atoms with Crippen molar-refractivity contribution in [3.05, 3.63) is 0 Å². The molecule has 1 saturated heterocycles. The van der Waals surface area contributed by atoms with E-state index in [2.05, 4.69) is 18.7 Å². The van der Waals surface area contributed by atoms with Crippen LogP contribution >= 0.6 is 0 Å². The quantitative estimate of drug-likeness (QED) is 0.640. The fraction of sp³-hybridized carbons (Fsp3) is 1.00. The van der Waals surface area contributed by atoms with E-state index in [1.807, 2.05) is 0 Å². The molecule has 1 aliphatic rings. The van der Waals surface area contributed by atoms with Crippen LogP contribution in [-0.4, -0.2) is 37.2 Å². The largest absolute Gasteiger partial charge is 0.378 e. The summed E-state index contributed by atoms with van der Waals surface area (Å²) >= 11 is 0. The van der Waals surface area contributed by atoms with Crippen molar-refractivity contribution in [1.82, 2.24) is 4.90 Å². The van der Waals surface area contributed by atoms with Gasteiger partial charge in [0, 0.05) is 19.7 Å². The SMILES string of the molecule is CCCOC1CCN(CC)CC1. The van der Waals surface area contributed by atoms with Gasteiger partial charge in [-0.1, -0.05) is 13.8 Å². The molecule has 0 aliphatic carbocycles. The third kappa shape index (κ3) is 3.11. The van der Waals surface area contributed by atoms with Gasteiger partial charge in [-0.3, -0.25) is 0 Å². The minimum Gasteiger partial charge on any atom is -0.378 e. The minimum atomic E-state index is 0.549. The van der Waals surface area contributed by atoms with Gasteiger partial charge in [-0.15, -0.1) is 0 Å². The summed E-state index contributed by atoms with van der Waals surface area (Å²) in [5.74, 6) is 0. The molecule has 0 bridgehead atoms. The zero-order valence-electron chi connectivity index (χ0n) is 8.38. The van der Waals surface area contributed by atoms with Gasteiger partial charge in [-0.2, -0.15) is 0 Å². The van der Waals surface area contributed by atoms with E-state index in [0.717, 1.165) is 13.0 Å². The number of rotatable bonds is 4. The van der Waals surface area contributed by atoms with Crippen LogP contribution in [0.5, 0.6) is 0 Å². The van der Waals surface area contributed by atoms with Gasteiger partial charge in [0.2, 0.25) is 0 Å². The Morgan fingerprint density at radius 2 is 1.92 bits per heavy atom. The molecular weight excluding hydrogens is 150 g/mol. The number of hydrogen-bond donors (Lipinski definition) is 0. The van der Waals surface area contributed by atoms with E-state index in [-0.39, 0.29) is 0 Å². The number of likely N-dealkylation sites (tertiary alicyclic amines) is 1. The van der Waals surface area contributed by atoms with Gasteiger partial charge in [-0.05, 0) is 25.8 Å². The first-order valence-corrected chi connectivity index (χ1v) is 5.20. The van der Waals surface area contributed by atoms with Crippen LogP contribution < -0.4 is 0 Å². The Morgan fingerprint density at radius 1 is 1.25 bits per heavy atom. The van der Waals surface area contributed by atoms with Crippen LogP contribution in [0.3, 0.4) is 0 Å². The zero-order chi connectivity index (χ0) is 8.81. The van der Waals surface area contributed by atoms with Crippen molar-refractivity contribution >= 4 is 0 Å². The molecule has 12 heavy (non-hydrogen) atoms. The van der Waals surface area contributed by atoms with Crippen LogP contribution in [0, 0.1) is 0 Å². The average molecular weight is 171 g/mol. The molecule has 0 spiro atoms. The Bertz CT molecular complexity index is 108.